The van der Waals surface area contributed by atoms with Gasteiger partial charge in [0.25, 0.3) is 5.91 Å². The van der Waals surface area contributed by atoms with Crippen molar-refractivity contribution < 1.29 is 53.6 Å². The van der Waals surface area contributed by atoms with Crippen LogP contribution in [0.2, 0.25) is 0 Å². The highest BCUT2D eigenvalue weighted by Crippen LogP contribution is 2.27. The zero-order valence-corrected chi connectivity index (χ0v) is 28.8. The smallest absolute Gasteiger partial charge is 0.407 e. The third-order valence-corrected chi connectivity index (χ3v) is 8.11. The molecule has 1 saturated carbocycles. The lowest BCUT2D eigenvalue weighted by Gasteiger charge is -2.31. The summed E-state index contributed by atoms with van der Waals surface area (Å²) in [7, 11) is 0. The Kier molecular flexibility index (Phi) is 17.9. The molecule has 278 valence electrons. The predicted molar refractivity (Wildman–Crippen MR) is 179 cm³/mol. The van der Waals surface area contributed by atoms with Gasteiger partial charge in [-0.05, 0) is 36.7 Å². The van der Waals surface area contributed by atoms with Crippen LogP contribution in [0.15, 0.2) is 30.3 Å². The molecular weight excluding hydrogens is 654 g/mol. The molecule has 16 nitrogen and oxygen atoms in total. The second-order valence-electron chi connectivity index (χ2n) is 12.8. The standard InChI is InChI=1S/C34H51N5O11/c1-4-11-24(29(43)32(46)35-17-26(42)38-28(33(47)48)22-14-9-6-10-15-22)36-30(44)25(16-23(41)18-40)37-31(45)27(21-12-7-5-8-13-21)39-34(49)50-19-20(2)3/h6,9-10,14-15,20-21,23-25,27-28,40-41H,4-5,7-8,11-13,16-19H2,1-3H3,(H,35,46)(H,36,44)(H,37,45)(H,38,42)(H,39,49)(H,47,48)/t23-,24?,25+,27?,28?/m1/s1. The number of ether oxygens (including phenoxy) is 1. The number of ketones is 1. The molecule has 0 heterocycles. The van der Waals surface area contributed by atoms with Crippen molar-refractivity contribution in [2.45, 2.75) is 102 Å². The van der Waals surface area contributed by atoms with Gasteiger partial charge in [0.15, 0.2) is 6.04 Å². The minimum atomic E-state index is -1.48. The summed E-state index contributed by atoms with van der Waals surface area (Å²) in [6.45, 7) is 4.07. The fourth-order valence-corrected chi connectivity index (χ4v) is 5.50. The highest BCUT2D eigenvalue weighted by molar-refractivity contribution is 6.38. The molecule has 0 aromatic heterocycles. The van der Waals surface area contributed by atoms with Crippen LogP contribution in [0.25, 0.3) is 0 Å². The van der Waals surface area contributed by atoms with Crippen molar-refractivity contribution in [3.8, 4) is 0 Å². The maximum atomic E-state index is 13.6. The van der Waals surface area contributed by atoms with E-state index >= 15 is 0 Å². The number of carboxylic acid groups (broad SMARTS) is 1. The number of aliphatic hydroxyl groups is 2. The average molecular weight is 706 g/mol. The predicted octanol–water partition coefficient (Wildman–Crippen LogP) is 0.458. The summed E-state index contributed by atoms with van der Waals surface area (Å²) in [5.74, 6) is -6.39. The van der Waals surface area contributed by atoms with E-state index in [1.807, 2.05) is 13.8 Å². The average Bonchev–Trinajstić information content (AvgIpc) is 3.10. The number of amides is 5. The molecule has 5 amide bonds. The lowest BCUT2D eigenvalue weighted by molar-refractivity contribution is -0.142. The summed E-state index contributed by atoms with van der Waals surface area (Å²) in [4.78, 5) is 89.7. The third-order valence-electron chi connectivity index (χ3n) is 8.11. The molecule has 2 rings (SSSR count). The van der Waals surface area contributed by atoms with Crippen LogP contribution >= 0.6 is 0 Å². The molecule has 3 unspecified atom stereocenters. The molecule has 1 aliphatic carbocycles. The van der Waals surface area contributed by atoms with Crippen molar-refractivity contribution in [1.82, 2.24) is 26.6 Å². The number of benzene rings is 1. The van der Waals surface area contributed by atoms with E-state index in [1.54, 1.807) is 25.1 Å². The third kappa shape index (κ3) is 14.1. The van der Waals surface area contributed by atoms with Crippen LogP contribution in [0.5, 0.6) is 0 Å². The quantitative estimate of drug-likeness (QED) is 0.0866. The molecular formula is C34H51N5O11. The Morgan fingerprint density at radius 2 is 1.52 bits per heavy atom. The van der Waals surface area contributed by atoms with E-state index in [1.165, 1.54) is 12.1 Å². The molecule has 0 radical (unpaired) electrons. The fourth-order valence-electron chi connectivity index (χ4n) is 5.50. The van der Waals surface area contributed by atoms with Crippen molar-refractivity contribution in [1.29, 1.82) is 0 Å². The van der Waals surface area contributed by atoms with Gasteiger partial charge in [0.1, 0.15) is 12.1 Å². The lowest BCUT2D eigenvalue weighted by Crippen LogP contribution is -2.59. The number of rotatable bonds is 20. The van der Waals surface area contributed by atoms with E-state index in [0.29, 0.717) is 24.8 Å². The Labute approximate surface area is 291 Å². The minimum absolute atomic E-state index is 0.00352. The summed E-state index contributed by atoms with van der Waals surface area (Å²) in [5.41, 5.74) is 0.293. The summed E-state index contributed by atoms with van der Waals surface area (Å²) in [5, 5.41) is 41.2. The molecule has 0 aliphatic heterocycles. The highest BCUT2D eigenvalue weighted by Gasteiger charge is 2.36. The van der Waals surface area contributed by atoms with Crippen LogP contribution in [0.3, 0.4) is 0 Å². The number of carbonyl (C=O) groups is 7. The van der Waals surface area contributed by atoms with Gasteiger partial charge in [-0.1, -0.05) is 76.8 Å². The van der Waals surface area contributed by atoms with Crippen LogP contribution in [-0.4, -0.2) is 101 Å². The first-order valence-corrected chi connectivity index (χ1v) is 17.0. The molecule has 0 spiro atoms. The monoisotopic (exact) mass is 705 g/mol. The van der Waals surface area contributed by atoms with Gasteiger partial charge < -0.3 is 46.6 Å². The normalized spacial score (nSPS) is 16.1. The Bertz CT molecular complexity index is 1300. The molecule has 1 aromatic rings. The van der Waals surface area contributed by atoms with Crippen molar-refractivity contribution in [2.75, 3.05) is 19.8 Å². The highest BCUT2D eigenvalue weighted by atomic mass is 16.5. The maximum Gasteiger partial charge on any atom is 0.407 e. The van der Waals surface area contributed by atoms with E-state index < -0.39 is 91.3 Å². The lowest BCUT2D eigenvalue weighted by atomic mass is 9.83. The van der Waals surface area contributed by atoms with Crippen LogP contribution < -0.4 is 26.6 Å². The fraction of sp³-hybridized carbons (Fsp3) is 0.618. The number of aliphatic carboxylic acids is 1. The zero-order chi connectivity index (χ0) is 37.2. The number of carbonyl (C=O) groups excluding carboxylic acids is 6. The van der Waals surface area contributed by atoms with Crippen LogP contribution in [0.1, 0.15) is 83.7 Å². The maximum absolute atomic E-state index is 13.6. The zero-order valence-electron chi connectivity index (χ0n) is 28.8. The molecule has 1 aromatic carbocycles. The molecule has 1 fully saturated rings. The number of aliphatic hydroxyl groups excluding tert-OH is 2. The van der Waals surface area contributed by atoms with Crippen LogP contribution in [-0.2, 0) is 33.5 Å². The van der Waals surface area contributed by atoms with Gasteiger partial charge in [0.05, 0.1) is 31.9 Å². The molecule has 8 N–H and O–H groups in total. The summed E-state index contributed by atoms with van der Waals surface area (Å²) in [6, 6.07) is 2.53. The number of carboxylic acids is 1. The Hall–Kier alpha value is -4.57. The first-order chi connectivity index (χ1) is 23.8. The minimum Gasteiger partial charge on any atom is -0.479 e. The Morgan fingerprint density at radius 3 is 2.10 bits per heavy atom. The second kappa shape index (κ2) is 21.5. The number of hydrogen-bond acceptors (Lipinski definition) is 10. The molecule has 0 bridgehead atoms. The number of nitrogens with one attached hydrogen (secondary N) is 5. The van der Waals surface area contributed by atoms with Gasteiger partial charge in [-0.3, -0.25) is 24.0 Å². The van der Waals surface area contributed by atoms with Gasteiger partial charge in [0.2, 0.25) is 23.5 Å². The summed E-state index contributed by atoms with van der Waals surface area (Å²) < 4.78 is 5.21. The molecule has 16 heteroatoms. The summed E-state index contributed by atoms with van der Waals surface area (Å²) >= 11 is 0. The van der Waals surface area contributed by atoms with E-state index in [0.717, 1.165) is 19.3 Å². The van der Waals surface area contributed by atoms with E-state index in [9.17, 15) is 48.9 Å². The van der Waals surface area contributed by atoms with Gasteiger partial charge in [0, 0.05) is 6.42 Å². The Morgan fingerprint density at radius 1 is 0.880 bits per heavy atom. The number of alkyl carbamates (subject to hydrolysis) is 1. The molecule has 5 atom stereocenters. The van der Waals surface area contributed by atoms with Crippen molar-refractivity contribution in [2.24, 2.45) is 11.8 Å². The van der Waals surface area contributed by atoms with E-state index in [4.69, 9.17) is 4.74 Å². The van der Waals surface area contributed by atoms with Gasteiger partial charge in [-0.25, -0.2) is 9.59 Å². The van der Waals surface area contributed by atoms with Gasteiger partial charge in [-0.2, -0.15) is 0 Å². The Balaban J connectivity index is 2.13. The van der Waals surface area contributed by atoms with Gasteiger partial charge in [-0.15, -0.1) is 0 Å². The first-order valence-electron chi connectivity index (χ1n) is 17.0. The van der Waals surface area contributed by atoms with Gasteiger partial charge >= 0.3 is 12.1 Å². The number of hydrogen-bond donors (Lipinski definition) is 8. The molecule has 0 saturated heterocycles. The second-order valence-corrected chi connectivity index (χ2v) is 12.8. The van der Waals surface area contributed by atoms with E-state index in [2.05, 4.69) is 26.6 Å². The molecule has 50 heavy (non-hydrogen) atoms. The molecule has 1 aliphatic rings. The van der Waals surface area contributed by atoms with E-state index in [-0.39, 0.29) is 24.9 Å². The van der Waals surface area contributed by atoms with Crippen molar-refractivity contribution in [3.05, 3.63) is 35.9 Å². The van der Waals surface area contributed by atoms with Crippen molar-refractivity contribution >= 4 is 41.5 Å². The topological polar surface area (TPSA) is 250 Å². The SMILES string of the molecule is CCCC(NC(=O)[C@H](C[C@@H](O)CO)NC(=O)C(NC(=O)OCC(C)C)C1CCCCC1)C(=O)C(=O)NCC(=O)NC(C(=O)O)c1ccccc1. The summed E-state index contributed by atoms with van der Waals surface area (Å²) in [6.07, 6.45) is 1.57. The van der Waals surface area contributed by atoms with Crippen LogP contribution in [0, 0.1) is 11.8 Å². The van der Waals surface area contributed by atoms with Crippen LogP contribution in [0.4, 0.5) is 4.79 Å². The first kappa shape index (κ1) is 41.6. The van der Waals surface area contributed by atoms with Crippen molar-refractivity contribution in [3.63, 3.8) is 0 Å². The number of Topliss-reactive ketones (excluding diaryl/α,β-unsaturated/α-hetero) is 1. The largest absolute Gasteiger partial charge is 0.479 e.